The van der Waals surface area contributed by atoms with Gasteiger partial charge < -0.3 is 10.1 Å². The van der Waals surface area contributed by atoms with Crippen molar-refractivity contribution in [3.8, 4) is 17.1 Å². The highest BCUT2D eigenvalue weighted by Gasteiger charge is 2.53. The molecule has 1 aromatic carbocycles. The Morgan fingerprint density at radius 2 is 2.02 bits per heavy atom. The van der Waals surface area contributed by atoms with E-state index >= 15 is 0 Å². The van der Waals surface area contributed by atoms with E-state index in [1.165, 1.54) is 24.9 Å². The van der Waals surface area contributed by atoms with Crippen molar-refractivity contribution in [1.29, 1.82) is 0 Å². The second kappa shape index (κ2) is 10.7. The molecule has 4 heterocycles. The van der Waals surface area contributed by atoms with E-state index in [1.54, 1.807) is 17.3 Å². The summed E-state index contributed by atoms with van der Waals surface area (Å²) in [7, 11) is 1.46. The number of hydrogen-bond acceptors (Lipinski definition) is 8. The number of hydrogen-bond donors (Lipinski definition) is 1. The number of piperidine rings is 1. The number of ether oxygens (including phenoxy) is 1. The van der Waals surface area contributed by atoms with Crippen molar-refractivity contribution >= 4 is 35.1 Å². The fourth-order valence-corrected chi connectivity index (χ4v) is 5.08. The molecule has 216 valence electrons. The number of nitrogens with zero attached hydrogens (tertiary/aromatic N) is 7. The van der Waals surface area contributed by atoms with Crippen molar-refractivity contribution in [2.24, 2.45) is 11.8 Å². The lowest BCUT2D eigenvalue weighted by Crippen LogP contribution is -2.29. The summed E-state index contributed by atoms with van der Waals surface area (Å²) in [5.41, 5.74) is -0.530. The molecule has 0 unspecified atom stereocenters. The summed E-state index contributed by atoms with van der Waals surface area (Å²) in [6.45, 7) is 2.30. The van der Waals surface area contributed by atoms with Gasteiger partial charge in [0.25, 0.3) is 12.3 Å². The maximum absolute atomic E-state index is 14.8. The zero-order valence-corrected chi connectivity index (χ0v) is 22.9. The second-order valence-corrected chi connectivity index (χ2v) is 10.4. The Kier molecular flexibility index (Phi) is 7.01. The Morgan fingerprint density at radius 3 is 2.74 bits per heavy atom. The molecule has 2 fully saturated rings. The number of methoxy groups -OCH3 is 1. The van der Waals surface area contributed by atoms with E-state index in [-0.39, 0.29) is 46.4 Å². The van der Waals surface area contributed by atoms with Crippen LogP contribution < -0.4 is 15.0 Å². The molecule has 1 aliphatic carbocycles. The van der Waals surface area contributed by atoms with Gasteiger partial charge in [-0.25, -0.2) is 23.1 Å². The number of fused-ring (bicyclic) bond motifs is 1. The van der Waals surface area contributed by atoms with Gasteiger partial charge in [0.05, 0.1) is 53.7 Å². The molecule has 1 saturated heterocycles. The van der Waals surface area contributed by atoms with E-state index in [9.17, 15) is 22.8 Å². The number of carbonyl (C=O) groups is 2. The molecule has 0 spiro atoms. The number of aryl methyl sites for hydroxylation is 1. The molecule has 1 aliphatic heterocycles. The number of carbonyl (C=O) groups excluding carboxylic acids is 2. The third kappa shape index (κ3) is 5.02. The number of benzene rings is 1. The maximum Gasteiger partial charge on any atom is 0.276 e. The molecule has 0 radical (unpaired) electrons. The lowest BCUT2D eigenvalue weighted by molar-refractivity contribution is -0.118. The fourth-order valence-electron chi connectivity index (χ4n) is 4.93. The van der Waals surface area contributed by atoms with Crippen molar-refractivity contribution in [2.75, 3.05) is 23.9 Å². The highest BCUT2D eigenvalue weighted by Crippen LogP contribution is 2.47. The van der Waals surface area contributed by atoms with Crippen LogP contribution in [0.3, 0.4) is 0 Å². The largest absolute Gasteiger partial charge is 0.481 e. The summed E-state index contributed by atoms with van der Waals surface area (Å²) in [6.07, 6.45) is 3.51. The van der Waals surface area contributed by atoms with Crippen LogP contribution in [0.4, 0.5) is 24.8 Å². The van der Waals surface area contributed by atoms with Gasteiger partial charge in [0, 0.05) is 36.0 Å². The van der Waals surface area contributed by atoms with Gasteiger partial charge >= 0.3 is 0 Å². The first-order valence-corrected chi connectivity index (χ1v) is 13.2. The van der Waals surface area contributed by atoms with Crippen LogP contribution in [0.5, 0.6) is 5.88 Å². The predicted octanol–water partition coefficient (Wildman–Crippen LogP) is 4.46. The van der Waals surface area contributed by atoms with Crippen molar-refractivity contribution in [1.82, 2.24) is 29.7 Å². The maximum atomic E-state index is 14.8. The first kappa shape index (κ1) is 27.6. The van der Waals surface area contributed by atoms with Crippen LogP contribution >= 0.6 is 11.6 Å². The van der Waals surface area contributed by atoms with Crippen LogP contribution in [0.15, 0.2) is 36.9 Å². The highest BCUT2D eigenvalue weighted by atomic mass is 35.5. The Bertz CT molecular complexity index is 1730. The Hall–Kier alpha value is -4.59. The quantitative estimate of drug-likeness (QED) is 0.315. The summed E-state index contributed by atoms with van der Waals surface area (Å²) in [5, 5.41) is 6.51. The van der Waals surface area contributed by atoms with Crippen LogP contribution in [-0.4, -0.2) is 55.2 Å². The Morgan fingerprint density at radius 1 is 1.21 bits per heavy atom. The minimum atomic E-state index is -3.01. The van der Waals surface area contributed by atoms with Gasteiger partial charge in [-0.1, -0.05) is 17.7 Å². The van der Waals surface area contributed by atoms with Gasteiger partial charge in [-0.15, -0.1) is 0 Å². The summed E-state index contributed by atoms with van der Waals surface area (Å²) in [5.74, 6) is -0.749. The van der Waals surface area contributed by atoms with E-state index < -0.39 is 29.3 Å². The number of halogens is 4. The van der Waals surface area contributed by atoms with Gasteiger partial charge in [0.1, 0.15) is 5.69 Å². The SMILES string of the molecule is COc1nc(N2C[C@H]3C[C@H]3C2=O)ncc1Cn1cc(NC(=O)c2nc(-c3c(C(F)F)ccc(Cl)c3F)cnc2C)cn1. The van der Waals surface area contributed by atoms with Gasteiger partial charge in [0.2, 0.25) is 17.7 Å². The summed E-state index contributed by atoms with van der Waals surface area (Å²) in [6, 6.07) is 2.03. The van der Waals surface area contributed by atoms with Crippen LogP contribution in [0.2, 0.25) is 5.02 Å². The summed E-state index contributed by atoms with van der Waals surface area (Å²) >= 11 is 5.82. The Balaban J connectivity index is 1.19. The first-order chi connectivity index (χ1) is 20.1. The molecule has 0 bridgehead atoms. The number of alkyl halides is 2. The van der Waals surface area contributed by atoms with Crippen LogP contribution in [-0.2, 0) is 11.3 Å². The van der Waals surface area contributed by atoms with Gasteiger partial charge in [-0.3, -0.25) is 24.2 Å². The molecule has 2 amide bonds. The topological polar surface area (TPSA) is 128 Å². The normalized spacial score (nSPS) is 17.5. The summed E-state index contributed by atoms with van der Waals surface area (Å²) in [4.78, 5) is 44.0. The predicted molar refractivity (Wildman–Crippen MR) is 144 cm³/mol. The molecule has 15 heteroatoms. The molecule has 42 heavy (non-hydrogen) atoms. The molecule has 4 aromatic rings. The fraction of sp³-hybridized carbons (Fsp3) is 0.296. The van der Waals surface area contributed by atoms with Crippen molar-refractivity contribution in [3.63, 3.8) is 0 Å². The Labute approximate surface area is 241 Å². The number of nitrogens with one attached hydrogen (secondary N) is 1. The zero-order chi connectivity index (χ0) is 29.7. The highest BCUT2D eigenvalue weighted by molar-refractivity contribution is 6.31. The third-order valence-corrected chi connectivity index (χ3v) is 7.47. The van der Waals surface area contributed by atoms with Crippen molar-refractivity contribution in [3.05, 3.63) is 70.3 Å². The number of amides is 2. The minimum absolute atomic E-state index is 0.0277. The molecule has 11 nitrogen and oxygen atoms in total. The zero-order valence-electron chi connectivity index (χ0n) is 22.2. The van der Waals surface area contributed by atoms with Crippen LogP contribution in [0.25, 0.3) is 11.3 Å². The molecule has 3 aromatic heterocycles. The van der Waals surface area contributed by atoms with E-state index in [0.717, 1.165) is 24.8 Å². The molecule has 1 N–H and O–H groups in total. The van der Waals surface area contributed by atoms with Crippen molar-refractivity contribution < 1.29 is 27.5 Å². The van der Waals surface area contributed by atoms with Gasteiger partial charge in [-0.2, -0.15) is 10.1 Å². The number of anilines is 2. The monoisotopic (exact) mass is 598 g/mol. The van der Waals surface area contributed by atoms with E-state index in [4.69, 9.17) is 16.3 Å². The molecular formula is C27H22ClF3N8O3. The molecule has 6 rings (SSSR count). The van der Waals surface area contributed by atoms with E-state index in [2.05, 4.69) is 30.4 Å². The lowest BCUT2D eigenvalue weighted by Gasteiger charge is -2.17. The lowest BCUT2D eigenvalue weighted by atomic mass is 10.0. The van der Waals surface area contributed by atoms with Gasteiger partial charge in [-0.05, 0) is 25.3 Å². The number of aromatic nitrogens is 6. The smallest absolute Gasteiger partial charge is 0.276 e. The molecule has 2 atom stereocenters. The first-order valence-electron chi connectivity index (χ1n) is 12.8. The molecular weight excluding hydrogens is 577 g/mol. The van der Waals surface area contributed by atoms with E-state index in [0.29, 0.717) is 29.7 Å². The average molecular weight is 599 g/mol. The number of rotatable bonds is 8. The summed E-state index contributed by atoms with van der Waals surface area (Å²) < 4.78 is 48.9. The van der Waals surface area contributed by atoms with Crippen LogP contribution in [0, 0.1) is 24.6 Å². The van der Waals surface area contributed by atoms with E-state index in [1.807, 2.05) is 0 Å². The standard InChI is InChI=1S/C27H22ClF3N8O3/c1-12-22(36-19(8-32-12)20-16(23(30)31)3-4-18(28)21(20)29)24(40)35-15-7-34-38(11-15)9-14-6-33-27(37-25(14)42-2)39-10-13-5-17(13)26(39)41/h3-4,6-8,11,13,17,23H,5,9-10H2,1-2H3,(H,35,40)/t13-,17-/m1/s1. The minimum Gasteiger partial charge on any atom is -0.481 e. The molecule has 2 aliphatic rings. The van der Waals surface area contributed by atoms with Crippen molar-refractivity contribution in [2.45, 2.75) is 26.3 Å². The average Bonchev–Trinajstić information content (AvgIpc) is 3.50. The third-order valence-electron chi connectivity index (χ3n) is 7.18. The van der Waals surface area contributed by atoms with Gasteiger partial charge in [0.15, 0.2) is 5.82 Å². The van der Waals surface area contributed by atoms with Crippen LogP contribution in [0.1, 0.15) is 40.2 Å². The second-order valence-electron chi connectivity index (χ2n) is 9.95. The molecule has 1 saturated carbocycles.